The first-order valence-corrected chi connectivity index (χ1v) is 8.33. The summed E-state index contributed by atoms with van der Waals surface area (Å²) in [5, 5.41) is 11.0. The number of rotatable bonds is 5. The molecule has 2 rings (SSSR count). The standard InChI is InChI=1S/C18H21NO2.C2H6/c1-4-15-7-9-17(14(3)11-15)10-8-16-6-5-13(2)18(12-16)19(20)21;1-2/h5-7,9,11-12H,4,8,10H2,1-3H3;1-2H3. The van der Waals surface area contributed by atoms with Gasteiger partial charge in [-0.05, 0) is 55.4 Å². The molecule has 0 aliphatic carbocycles. The van der Waals surface area contributed by atoms with Crippen LogP contribution in [0.2, 0.25) is 0 Å². The van der Waals surface area contributed by atoms with Crippen LogP contribution in [-0.4, -0.2) is 4.92 Å². The van der Waals surface area contributed by atoms with E-state index < -0.39 is 0 Å². The van der Waals surface area contributed by atoms with Crippen molar-refractivity contribution in [3.8, 4) is 0 Å². The number of nitrogens with zero attached hydrogens (tertiary/aromatic N) is 1. The highest BCUT2D eigenvalue weighted by atomic mass is 16.6. The maximum Gasteiger partial charge on any atom is 0.272 e. The zero-order valence-corrected chi connectivity index (χ0v) is 14.8. The molecule has 0 N–H and O–H groups in total. The molecule has 0 saturated carbocycles. The van der Waals surface area contributed by atoms with Crippen LogP contribution < -0.4 is 0 Å². The van der Waals surface area contributed by atoms with Gasteiger partial charge in [0.15, 0.2) is 0 Å². The molecule has 2 aromatic rings. The van der Waals surface area contributed by atoms with Gasteiger partial charge in [0.25, 0.3) is 5.69 Å². The molecule has 23 heavy (non-hydrogen) atoms. The fourth-order valence-electron chi connectivity index (χ4n) is 2.54. The predicted molar refractivity (Wildman–Crippen MR) is 97.1 cm³/mol. The van der Waals surface area contributed by atoms with E-state index in [1.807, 2.05) is 26.0 Å². The summed E-state index contributed by atoms with van der Waals surface area (Å²) in [6.45, 7) is 10.1. The molecule has 0 bridgehead atoms. The number of aryl methyl sites for hydroxylation is 5. The average Bonchev–Trinajstić information content (AvgIpc) is 2.56. The summed E-state index contributed by atoms with van der Waals surface area (Å²) in [6.07, 6.45) is 2.79. The van der Waals surface area contributed by atoms with Gasteiger partial charge in [-0.15, -0.1) is 0 Å². The van der Waals surface area contributed by atoms with E-state index in [1.54, 1.807) is 13.0 Å². The van der Waals surface area contributed by atoms with Gasteiger partial charge in [0.2, 0.25) is 0 Å². The fraction of sp³-hybridized carbons (Fsp3) is 0.400. The first-order chi connectivity index (χ1) is 11.0. The van der Waals surface area contributed by atoms with Crippen molar-refractivity contribution in [1.82, 2.24) is 0 Å². The lowest BCUT2D eigenvalue weighted by atomic mass is 9.97. The number of nitro groups is 1. The van der Waals surface area contributed by atoms with Crippen molar-refractivity contribution < 1.29 is 4.92 Å². The molecule has 124 valence electrons. The molecule has 0 amide bonds. The van der Waals surface area contributed by atoms with Crippen molar-refractivity contribution in [1.29, 1.82) is 0 Å². The third-order valence-corrected chi connectivity index (χ3v) is 3.97. The van der Waals surface area contributed by atoms with Crippen LogP contribution >= 0.6 is 0 Å². The molecule has 3 heteroatoms. The normalized spacial score (nSPS) is 9.96. The summed E-state index contributed by atoms with van der Waals surface area (Å²) in [5.41, 5.74) is 5.91. The Bertz CT molecular complexity index is 663. The summed E-state index contributed by atoms with van der Waals surface area (Å²) in [5.74, 6) is 0. The van der Waals surface area contributed by atoms with Gasteiger partial charge in [0, 0.05) is 11.6 Å². The fourth-order valence-corrected chi connectivity index (χ4v) is 2.54. The summed E-state index contributed by atoms with van der Waals surface area (Å²) in [7, 11) is 0. The average molecular weight is 313 g/mol. The molecular weight excluding hydrogens is 286 g/mol. The topological polar surface area (TPSA) is 43.1 Å². The molecule has 0 heterocycles. The largest absolute Gasteiger partial charge is 0.272 e. The lowest BCUT2D eigenvalue weighted by Crippen LogP contribution is -1.98. The van der Waals surface area contributed by atoms with Gasteiger partial charge in [-0.1, -0.05) is 51.1 Å². The molecule has 0 unspecified atom stereocenters. The van der Waals surface area contributed by atoms with E-state index in [-0.39, 0.29) is 10.6 Å². The summed E-state index contributed by atoms with van der Waals surface area (Å²) in [6, 6.07) is 12.1. The molecule has 0 aliphatic rings. The Kier molecular flexibility index (Phi) is 7.46. The minimum atomic E-state index is -0.305. The third kappa shape index (κ3) is 5.20. The molecule has 2 aromatic carbocycles. The van der Waals surface area contributed by atoms with E-state index in [4.69, 9.17) is 0 Å². The molecule has 0 atom stereocenters. The Labute approximate surface area is 139 Å². The Balaban J connectivity index is 0.00000127. The molecule has 0 aromatic heterocycles. The highest BCUT2D eigenvalue weighted by molar-refractivity contribution is 5.43. The van der Waals surface area contributed by atoms with Gasteiger partial charge in [-0.2, -0.15) is 0 Å². The van der Waals surface area contributed by atoms with Gasteiger partial charge in [-0.3, -0.25) is 10.1 Å². The molecule has 0 spiro atoms. The van der Waals surface area contributed by atoms with Crippen molar-refractivity contribution in [2.45, 2.75) is 53.9 Å². The lowest BCUT2D eigenvalue weighted by molar-refractivity contribution is -0.385. The second kappa shape index (κ2) is 9.09. The number of hydrogen-bond donors (Lipinski definition) is 0. The van der Waals surface area contributed by atoms with E-state index in [9.17, 15) is 10.1 Å². The van der Waals surface area contributed by atoms with E-state index in [2.05, 4.69) is 32.0 Å². The van der Waals surface area contributed by atoms with Gasteiger partial charge < -0.3 is 0 Å². The van der Waals surface area contributed by atoms with Gasteiger partial charge >= 0.3 is 0 Å². The summed E-state index contributed by atoms with van der Waals surface area (Å²) >= 11 is 0. The van der Waals surface area contributed by atoms with E-state index in [1.165, 1.54) is 16.7 Å². The predicted octanol–water partition coefficient (Wildman–Crippen LogP) is 5.59. The minimum absolute atomic E-state index is 0.213. The van der Waals surface area contributed by atoms with Crippen LogP contribution in [0.1, 0.15) is 48.6 Å². The number of hydrogen-bond acceptors (Lipinski definition) is 2. The van der Waals surface area contributed by atoms with E-state index in [0.29, 0.717) is 5.56 Å². The van der Waals surface area contributed by atoms with Crippen LogP contribution in [0.15, 0.2) is 36.4 Å². The Hall–Kier alpha value is -2.16. The van der Waals surface area contributed by atoms with E-state index in [0.717, 1.165) is 24.8 Å². The lowest BCUT2D eigenvalue weighted by Gasteiger charge is -2.08. The zero-order chi connectivity index (χ0) is 17.4. The molecule has 0 aliphatic heterocycles. The Morgan fingerprint density at radius 3 is 2.13 bits per heavy atom. The molecule has 3 nitrogen and oxygen atoms in total. The SMILES string of the molecule is CC.CCc1ccc(CCc2ccc(C)c([N+](=O)[O-])c2)c(C)c1. The Morgan fingerprint density at radius 1 is 0.913 bits per heavy atom. The zero-order valence-electron chi connectivity index (χ0n) is 14.8. The summed E-state index contributed by atoms with van der Waals surface area (Å²) < 4.78 is 0. The first kappa shape index (κ1) is 18.9. The first-order valence-electron chi connectivity index (χ1n) is 8.33. The minimum Gasteiger partial charge on any atom is -0.258 e. The maximum absolute atomic E-state index is 11.0. The number of benzene rings is 2. The Morgan fingerprint density at radius 2 is 1.57 bits per heavy atom. The van der Waals surface area contributed by atoms with Crippen LogP contribution in [0, 0.1) is 24.0 Å². The monoisotopic (exact) mass is 313 g/mol. The quantitative estimate of drug-likeness (QED) is 0.534. The van der Waals surface area contributed by atoms with Crippen LogP contribution in [-0.2, 0) is 19.3 Å². The van der Waals surface area contributed by atoms with Crippen molar-refractivity contribution in [3.05, 3.63) is 74.3 Å². The molecule has 0 saturated heterocycles. The van der Waals surface area contributed by atoms with Crippen molar-refractivity contribution in [2.24, 2.45) is 0 Å². The second-order valence-electron chi connectivity index (χ2n) is 5.49. The second-order valence-corrected chi connectivity index (χ2v) is 5.49. The van der Waals surface area contributed by atoms with Gasteiger partial charge in [0.1, 0.15) is 0 Å². The molecular formula is C20H27NO2. The van der Waals surface area contributed by atoms with Gasteiger partial charge in [0.05, 0.1) is 4.92 Å². The smallest absolute Gasteiger partial charge is 0.258 e. The van der Waals surface area contributed by atoms with Crippen molar-refractivity contribution in [3.63, 3.8) is 0 Å². The molecule has 0 radical (unpaired) electrons. The van der Waals surface area contributed by atoms with Crippen molar-refractivity contribution >= 4 is 5.69 Å². The number of nitro benzene ring substituents is 1. The highest BCUT2D eigenvalue weighted by Crippen LogP contribution is 2.21. The molecule has 0 fully saturated rings. The van der Waals surface area contributed by atoms with Crippen molar-refractivity contribution in [2.75, 3.05) is 0 Å². The third-order valence-electron chi connectivity index (χ3n) is 3.97. The highest BCUT2D eigenvalue weighted by Gasteiger charge is 2.11. The van der Waals surface area contributed by atoms with Gasteiger partial charge in [-0.25, -0.2) is 0 Å². The van der Waals surface area contributed by atoms with Crippen LogP contribution in [0.5, 0.6) is 0 Å². The van der Waals surface area contributed by atoms with Crippen LogP contribution in [0.3, 0.4) is 0 Å². The van der Waals surface area contributed by atoms with E-state index >= 15 is 0 Å². The maximum atomic E-state index is 11.0. The van der Waals surface area contributed by atoms with Crippen LogP contribution in [0.25, 0.3) is 0 Å². The van der Waals surface area contributed by atoms with Crippen LogP contribution in [0.4, 0.5) is 5.69 Å². The summed E-state index contributed by atoms with van der Waals surface area (Å²) in [4.78, 5) is 10.7.